The SMILES string of the molecule is OCC1CC1.OCc1ccccc1. The van der Waals surface area contributed by atoms with Crippen molar-refractivity contribution in [3.05, 3.63) is 35.9 Å². The third-order valence-corrected chi connectivity index (χ3v) is 1.98. The van der Waals surface area contributed by atoms with Gasteiger partial charge in [0.2, 0.25) is 0 Å². The van der Waals surface area contributed by atoms with Crippen LogP contribution in [0.25, 0.3) is 0 Å². The number of rotatable bonds is 2. The van der Waals surface area contributed by atoms with Crippen LogP contribution in [0.1, 0.15) is 18.4 Å². The zero-order valence-corrected chi connectivity index (χ0v) is 7.69. The Morgan fingerprint density at radius 2 is 1.69 bits per heavy atom. The van der Waals surface area contributed by atoms with Crippen molar-refractivity contribution in [1.29, 1.82) is 0 Å². The molecule has 2 nitrogen and oxygen atoms in total. The average Bonchev–Trinajstić information content (AvgIpc) is 3.03. The number of hydrogen-bond donors (Lipinski definition) is 2. The van der Waals surface area contributed by atoms with Gasteiger partial charge in [-0.1, -0.05) is 30.3 Å². The highest BCUT2D eigenvalue weighted by atomic mass is 16.3. The average molecular weight is 180 g/mol. The van der Waals surface area contributed by atoms with Crippen LogP contribution in [0, 0.1) is 5.92 Å². The molecule has 0 atom stereocenters. The predicted octanol–water partition coefficient (Wildman–Crippen LogP) is 1.57. The Labute approximate surface area is 78.8 Å². The van der Waals surface area contributed by atoms with Crippen molar-refractivity contribution in [2.24, 2.45) is 5.92 Å². The van der Waals surface area contributed by atoms with Crippen LogP contribution in [-0.2, 0) is 6.61 Å². The molecule has 1 fully saturated rings. The minimum atomic E-state index is 0.140. The van der Waals surface area contributed by atoms with E-state index in [-0.39, 0.29) is 6.61 Å². The summed E-state index contributed by atoms with van der Waals surface area (Å²) in [4.78, 5) is 0. The Kier molecular flexibility index (Phi) is 4.50. The maximum absolute atomic E-state index is 8.54. The van der Waals surface area contributed by atoms with E-state index in [2.05, 4.69) is 0 Å². The molecule has 1 saturated carbocycles. The van der Waals surface area contributed by atoms with Crippen molar-refractivity contribution in [3.63, 3.8) is 0 Å². The van der Waals surface area contributed by atoms with Crippen molar-refractivity contribution in [2.75, 3.05) is 6.61 Å². The van der Waals surface area contributed by atoms with Crippen molar-refractivity contribution < 1.29 is 10.2 Å². The van der Waals surface area contributed by atoms with Gasteiger partial charge in [0.25, 0.3) is 0 Å². The topological polar surface area (TPSA) is 40.5 Å². The Hall–Kier alpha value is -0.860. The number of aliphatic hydroxyl groups excluding tert-OH is 2. The molecule has 0 spiro atoms. The van der Waals surface area contributed by atoms with Gasteiger partial charge in [0, 0.05) is 6.61 Å². The summed E-state index contributed by atoms with van der Waals surface area (Å²) in [5.74, 6) is 0.690. The fourth-order valence-electron chi connectivity index (χ4n) is 0.884. The monoisotopic (exact) mass is 180 g/mol. The molecule has 0 radical (unpaired) electrons. The smallest absolute Gasteiger partial charge is 0.0681 e. The van der Waals surface area contributed by atoms with Gasteiger partial charge in [-0.15, -0.1) is 0 Å². The summed E-state index contributed by atoms with van der Waals surface area (Å²) < 4.78 is 0. The summed E-state index contributed by atoms with van der Waals surface area (Å²) >= 11 is 0. The lowest BCUT2D eigenvalue weighted by molar-refractivity contribution is 0.277. The molecule has 0 amide bonds. The lowest BCUT2D eigenvalue weighted by Crippen LogP contribution is -1.78. The summed E-state index contributed by atoms with van der Waals surface area (Å²) in [6.07, 6.45) is 2.52. The van der Waals surface area contributed by atoms with Gasteiger partial charge < -0.3 is 10.2 Å². The van der Waals surface area contributed by atoms with Gasteiger partial charge in [-0.05, 0) is 24.3 Å². The molecule has 0 bridgehead atoms. The van der Waals surface area contributed by atoms with E-state index in [1.165, 1.54) is 12.8 Å². The van der Waals surface area contributed by atoms with Crippen LogP contribution in [0.2, 0.25) is 0 Å². The third-order valence-electron chi connectivity index (χ3n) is 1.98. The summed E-state index contributed by atoms with van der Waals surface area (Å²) in [7, 11) is 0. The van der Waals surface area contributed by atoms with Crippen LogP contribution in [0.4, 0.5) is 0 Å². The van der Waals surface area contributed by atoms with Gasteiger partial charge in [-0.2, -0.15) is 0 Å². The first-order valence-corrected chi connectivity index (χ1v) is 4.62. The van der Waals surface area contributed by atoms with Gasteiger partial charge in [0.1, 0.15) is 0 Å². The van der Waals surface area contributed by atoms with Crippen molar-refractivity contribution >= 4 is 0 Å². The maximum atomic E-state index is 8.54. The van der Waals surface area contributed by atoms with Crippen LogP contribution in [-0.4, -0.2) is 16.8 Å². The largest absolute Gasteiger partial charge is 0.396 e. The van der Waals surface area contributed by atoms with E-state index in [9.17, 15) is 0 Å². The van der Waals surface area contributed by atoms with Crippen LogP contribution < -0.4 is 0 Å². The van der Waals surface area contributed by atoms with Crippen molar-refractivity contribution in [1.82, 2.24) is 0 Å². The second-order valence-electron chi connectivity index (χ2n) is 3.27. The van der Waals surface area contributed by atoms with E-state index in [4.69, 9.17) is 10.2 Å². The minimum Gasteiger partial charge on any atom is -0.396 e. The maximum Gasteiger partial charge on any atom is 0.0681 e. The molecule has 72 valence electrons. The van der Waals surface area contributed by atoms with Crippen LogP contribution >= 0.6 is 0 Å². The molecule has 1 aliphatic carbocycles. The van der Waals surface area contributed by atoms with Gasteiger partial charge in [-0.25, -0.2) is 0 Å². The van der Waals surface area contributed by atoms with E-state index < -0.39 is 0 Å². The minimum absolute atomic E-state index is 0.140. The molecule has 0 saturated heterocycles. The molecule has 0 aromatic heterocycles. The second kappa shape index (κ2) is 5.73. The molecule has 0 aliphatic heterocycles. The van der Waals surface area contributed by atoms with Gasteiger partial charge in [0.15, 0.2) is 0 Å². The van der Waals surface area contributed by atoms with E-state index >= 15 is 0 Å². The first-order valence-electron chi connectivity index (χ1n) is 4.62. The molecule has 1 aliphatic rings. The summed E-state index contributed by atoms with van der Waals surface area (Å²) in [5, 5.41) is 16.7. The fourth-order valence-corrected chi connectivity index (χ4v) is 0.884. The first kappa shape index (κ1) is 10.2. The van der Waals surface area contributed by atoms with Crippen molar-refractivity contribution in [3.8, 4) is 0 Å². The summed E-state index contributed by atoms with van der Waals surface area (Å²) in [6.45, 7) is 0.556. The van der Waals surface area contributed by atoms with Crippen LogP contribution in [0.15, 0.2) is 30.3 Å². The Balaban J connectivity index is 0.000000145. The van der Waals surface area contributed by atoms with E-state index in [1.807, 2.05) is 30.3 Å². The van der Waals surface area contributed by atoms with E-state index in [0.717, 1.165) is 5.56 Å². The molecule has 1 aromatic carbocycles. The highest BCUT2D eigenvalue weighted by Crippen LogP contribution is 2.27. The number of aliphatic hydroxyl groups is 2. The first-order chi connectivity index (χ1) is 6.36. The normalized spacial score (nSPS) is 14.6. The zero-order valence-electron chi connectivity index (χ0n) is 7.69. The van der Waals surface area contributed by atoms with Crippen LogP contribution in [0.3, 0.4) is 0 Å². The molecule has 13 heavy (non-hydrogen) atoms. The second-order valence-corrected chi connectivity index (χ2v) is 3.27. The molecule has 2 rings (SSSR count). The lowest BCUT2D eigenvalue weighted by atomic mass is 10.2. The third kappa shape index (κ3) is 4.65. The van der Waals surface area contributed by atoms with Crippen LogP contribution in [0.5, 0.6) is 0 Å². The Morgan fingerprint density at radius 3 is 1.92 bits per heavy atom. The highest BCUT2D eigenvalue weighted by molar-refractivity contribution is 5.12. The highest BCUT2D eigenvalue weighted by Gasteiger charge is 2.18. The molecule has 2 N–H and O–H groups in total. The molecular weight excluding hydrogens is 164 g/mol. The molecule has 0 unspecified atom stereocenters. The standard InChI is InChI=1S/C7H8O.C4H8O/c8-6-7-4-2-1-3-5-7;5-3-4-1-2-4/h1-5,8H,6H2;4-5H,1-3H2. The molecule has 2 heteroatoms. The number of benzene rings is 1. The number of hydrogen-bond acceptors (Lipinski definition) is 2. The van der Waals surface area contributed by atoms with E-state index in [1.54, 1.807) is 0 Å². The summed E-state index contributed by atoms with van der Waals surface area (Å²) in [5.41, 5.74) is 0.965. The molecular formula is C11H16O2. The van der Waals surface area contributed by atoms with Gasteiger partial charge in [0.05, 0.1) is 6.61 Å². The molecule has 0 heterocycles. The Bertz CT molecular complexity index is 217. The lowest BCUT2D eigenvalue weighted by Gasteiger charge is -1.89. The summed E-state index contributed by atoms with van der Waals surface area (Å²) in [6, 6.07) is 9.52. The molecule has 1 aromatic rings. The van der Waals surface area contributed by atoms with Crippen molar-refractivity contribution in [2.45, 2.75) is 19.4 Å². The van der Waals surface area contributed by atoms with E-state index in [0.29, 0.717) is 12.5 Å². The predicted molar refractivity (Wildman–Crippen MR) is 52.2 cm³/mol. The van der Waals surface area contributed by atoms with Gasteiger partial charge >= 0.3 is 0 Å². The van der Waals surface area contributed by atoms with Gasteiger partial charge in [-0.3, -0.25) is 0 Å². The quantitative estimate of drug-likeness (QED) is 0.725. The Morgan fingerprint density at radius 1 is 1.08 bits per heavy atom. The fraction of sp³-hybridized carbons (Fsp3) is 0.455. The zero-order chi connectivity index (χ0) is 9.52.